The molecule has 2 aromatic rings. The van der Waals surface area contributed by atoms with Crippen LogP contribution in [0.5, 0.6) is 0 Å². The van der Waals surface area contributed by atoms with Crippen molar-refractivity contribution in [3.63, 3.8) is 0 Å². The van der Waals surface area contributed by atoms with Crippen molar-refractivity contribution >= 4 is 40.0 Å². The molecule has 0 aliphatic rings. The first-order chi connectivity index (χ1) is 7.59. The fourth-order valence-corrected chi connectivity index (χ4v) is 2.07. The number of hydrogen-bond acceptors (Lipinski definition) is 2. The number of nitrogens with zero attached hydrogens (tertiary/aromatic N) is 2. The molecule has 2 N–H and O–H groups in total. The molecule has 5 heteroatoms. The summed E-state index contributed by atoms with van der Waals surface area (Å²) in [7, 11) is 0. The summed E-state index contributed by atoms with van der Waals surface area (Å²) in [5.41, 5.74) is 7.92. The second-order valence-corrected chi connectivity index (χ2v) is 5.02. The second kappa shape index (κ2) is 4.63. The summed E-state index contributed by atoms with van der Waals surface area (Å²) < 4.78 is 2.78. The number of aromatic nitrogens is 2. The zero-order valence-electron chi connectivity index (χ0n) is 8.74. The molecule has 0 unspecified atom stereocenters. The van der Waals surface area contributed by atoms with E-state index in [1.807, 2.05) is 31.2 Å². The predicted molar refractivity (Wildman–Crippen MR) is 74.6 cm³/mol. The highest BCUT2D eigenvalue weighted by Gasteiger charge is 2.10. The Balaban J connectivity index is 2.34. The van der Waals surface area contributed by atoms with Crippen LogP contribution in [0.3, 0.4) is 0 Å². The van der Waals surface area contributed by atoms with Crippen molar-refractivity contribution in [2.75, 3.05) is 5.73 Å². The number of halogens is 2. The average molecular weight is 348 g/mol. The molecule has 0 saturated heterocycles. The van der Waals surface area contributed by atoms with Gasteiger partial charge in [0.1, 0.15) is 5.82 Å². The third kappa shape index (κ3) is 2.17. The predicted octanol–water partition coefficient (Wildman–Crippen LogP) is 3.08. The fourth-order valence-electron chi connectivity index (χ4n) is 1.49. The summed E-state index contributed by atoms with van der Waals surface area (Å²) in [6.07, 6.45) is 0. The minimum Gasteiger partial charge on any atom is -0.383 e. The van der Waals surface area contributed by atoms with Crippen LogP contribution in [0.15, 0.2) is 24.3 Å². The summed E-state index contributed by atoms with van der Waals surface area (Å²) in [6, 6.07) is 7.71. The minimum atomic E-state index is 0.606. The van der Waals surface area contributed by atoms with Crippen LogP contribution in [0, 0.1) is 10.5 Å². The van der Waals surface area contributed by atoms with Gasteiger partial charge in [-0.25, -0.2) is 4.68 Å². The molecule has 0 aliphatic heterocycles. The van der Waals surface area contributed by atoms with Crippen LogP contribution in [0.2, 0.25) is 5.02 Å². The lowest BCUT2D eigenvalue weighted by atomic mass is 10.2. The number of nitrogen functional groups attached to an aromatic ring is 1. The quantitative estimate of drug-likeness (QED) is 0.849. The maximum Gasteiger partial charge on any atom is 0.135 e. The highest BCUT2D eigenvalue weighted by atomic mass is 127. The topological polar surface area (TPSA) is 43.8 Å². The van der Waals surface area contributed by atoms with Crippen LogP contribution in [-0.2, 0) is 6.54 Å². The van der Waals surface area contributed by atoms with Gasteiger partial charge < -0.3 is 5.73 Å². The molecule has 0 atom stereocenters. The maximum atomic E-state index is 6.09. The van der Waals surface area contributed by atoms with Gasteiger partial charge in [0, 0.05) is 5.02 Å². The van der Waals surface area contributed by atoms with Gasteiger partial charge in [-0.3, -0.25) is 0 Å². The van der Waals surface area contributed by atoms with Crippen molar-refractivity contribution in [1.29, 1.82) is 0 Å². The van der Waals surface area contributed by atoms with Gasteiger partial charge in [0.2, 0.25) is 0 Å². The Morgan fingerprint density at radius 2 is 2.12 bits per heavy atom. The number of hydrogen-bond donors (Lipinski definition) is 1. The lowest BCUT2D eigenvalue weighted by molar-refractivity contribution is 0.689. The molecule has 0 fully saturated rings. The van der Waals surface area contributed by atoms with Crippen LogP contribution in [0.25, 0.3) is 0 Å². The molecule has 0 amide bonds. The number of nitrogens with two attached hydrogens (primary N) is 1. The first-order valence-corrected chi connectivity index (χ1v) is 6.27. The first kappa shape index (κ1) is 11.7. The summed E-state index contributed by atoms with van der Waals surface area (Å²) in [4.78, 5) is 0. The Hall–Kier alpha value is -0.750. The van der Waals surface area contributed by atoms with Crippen LogP contribution in [0.4, 0.5) is 5.82 Å². The highest BCUT2D eigenvalue weighted by Crippen LogP contribution is 2.22. The van der Waals surface area contributed by atoms with Gasteiger partial charge in [-0.05, 0) is 41.1 Å². The van der Waals surface area contributed by atoms with Gasteiger partial charge in [0.05, 0.1) is 15.8 Å². The first-order valence-electron chi connectivity index (χ1n) is 4.81. The largest absolute Gasteiger partial charge is 0.383 e. The van der Waals surface area contributed by atoms with E-state index >= 15 is 0 Å². The van der Waals surface area contributed by atoms with E-state index in [2.05, 4.69) is 27.7 Å². The molecule has 0 saturated carbocycles. The number of rotatable bonds is 2. The fraction of sp³-hybridized carbons (Fsp3) is 0.182. The zero-order valence-corrected chi connectivity index (χ0v) is 11.7. The summed E-state index contributed by atoms with van der Waals surface area (Å²) >= 11 is 8.29. The van der Waals surface area contributed by atoms with Crippen molar-refractivity contribution in [3.05, 3.63) is 44.1 Å². The van der Waals surface area contributed by atoms with Crippen molar-refractivity contribution in [2.45, 2.75) is 13.5 Å². The standard InChI is InChI=1S/C11H11ClIN3/c1-7-10(13)11(14)16(15-7)6-8-4-2-3-5-9(8)12/h2-5H,6,14H2,1H3. The molecule has 0 bridgehead atoms. The van der Waals surface area contributed by atoms with Crippen molar-refractivity contribution in [1.82, 2.24) is 9.78 Å². The van der Waals surface area contributed by atoms with Gasteiger partial charge in [0.15, 0.2) is 0 Å². The average Bonchev–Trinajstić information content (AvgIpc) is 2.50. The normalized spacial score (nSPS) is 10.7. The number of benzene rings is 1. The smallest absolute Gasteiger partial charge is 0.135 e. The Labute approximate surface area is 113 Å². The lowest BCUT2D eigenvalue weighted by Crippen LogP contribution is -2.06. The monoisotopic (exact) mass is 347 g/mol. The summed E-state index contributed by atoms with van der Waals surface area (Å²) in [5.74, 6) is 0.693. The molecule has 1 heterocycles. The Bertz CT molecular complexity index is 522. The summed E-state index contributed by atoms with van der Waals surface area (Å²) in [6.45, 7) is 2.55. The molecule has 0 aliphatic carbocycles. The lowest BCUT2D eigenvalue weighted by Gasteiger charge is -2.06. The Kier molecular flexibility index (Phi) is 3.39. The van der Waals surface area contributed by atoms with Crippen molar-refractivity contribution in [3.8, 4) is 0 Å². The van der Waals surface area contributed by atoms with Crippen LogP contribution in [0.1, 0.15) is 11.3 Å². The molecule has 0 radical (unpaired) electrons. The van der Waals surface area contributed by atoms with E-state index in [0.717, 1.165) is 19.9 Å². The minimum absolute atomic E-state index is 0.606. The van der Waals surface area contributed by atoms with Crippen molar-refractivity contribution < 1.29 is 0 Å². The van der Waals surface area contributed by atoms with Crippen LogP contribution >= 0.6 is 34.2 Å². The van der Waals surface area contributed by atoms with Crippen LogP contribution < -0.4 is 5.73 Å². The Morgan fingerprint density at radius 3 is 2.69 bits per heavy atom. The molecule has 84 valence electrons. The third-order valence-electron chi connectivity index (χ3n) is 2.37. The molecular weight excluding hydrogens is 336 g/mol. The maximum absolute atomic E-state index is 6.09. The van der Waals surface area contributed by atoms with E-state index in [9.17, 15) is 0 Å². The van der Waals surface area contributed by atoms with Crippen molar-refractivity contribution in [2.24, 2.45) is 0 Å². The van der Waals surface area contributed by atoms with E-state index in [1.54, 1.807) is 4.68 Å². The van der Waals surface area contributed by atoms with E-state index in [4.69, 9.17) is 17.3 Å². The van der Waals surface area contributed by atoms with Gasteiger partial charge in [-0.1, -0.05) is 29.8 Å². The van der Waals surface area contributed by atoms with Gasteiger partial charge in [-0.2, -0.15) is 5.10 Å². The van der Waals surface area contributed by atoms with Gasteiger partial charge in [0.25, 0.3) is 0 Å². The van der Waals surface area contributed by atoms with E-state index in [-0.39, 0.29) is 0 Å². The molecule has 1 aromatic carbocycles. The van der Waals surface area contributed by atoms with Gasteiger partial charge >= 0.3 is 0 Å². The van der Waals surface area contributed by atoms with E-state index in [0.29, 0.717) is 12.4 Å². The van der Waals surface area contributed by atoms with Crippen LogP contribution in [-0.4, -0.2) is 9.78 Å². The second-order valence-electron chi connectivity index (χ2n) is 3.53. The molecule has 16 heavy (non-hydrogen) atoms. The molecule has 1 aromatic heterocycles. The SMILES string of the molecule is Cc1nn(Cc2ccccc2Cl)c(N)c1I. The van der Waals surface area contributed by atoms with E-state index in [1.165, 1.54) is 0 Å². The highest BCUT2D eigenvalue weighted by molar-refractivity contribution is 14.1. The molecule has 0 spiro atoms. The number of anilines is 1. The Morgan fingerprint density at radius 1 is 1.44 bits per heavy atom. The summed E-state index contributed by atoms with van der Waals surface area (Å²) in [5, 5.41) is 5.11. The molecule has 2 rings (SSSR count). The zero-order chi connectivity index (χ0) is 11.7. The van der Waals surface area contributed by atoms with Gasteiger partial charge in [-0.15, -0.1) is 0 Å². The third-order valence-corrected chi connectivity index (χ3v) is 4.07. The van der Waals surface area contributed by atoms with E-state index < -0.39 is 0 Å². The number of aryl methyl sites for hydroxylation is 1. The molecular formula is C11H11ClIN3. The molecule has 3 nitrogen and oxygen atoms in total.